The highest BCUT2D eigenvalue weighted by Gasteiger charge is 2.22. The second-order valence-corrected chi connectivity index (χ2v) is 5.09. The molecule has 2 N–H and O–H groups in total. The third-order valence-electron chi connectivity index (χ3n) is 3.62. The number of carbonyl (C=O) groups excluding carboxylic acids is 1. The van der Waals surface area contributed by atoms with Gasteiger partial charge in [-0.25, -0.2) is 0 Å². The molecule has 0 radical (unpaired) electrons. The molecule has 1 amide bonds. The van der Waals surface area contributed by atoms with E-state index >= 15 is 0 Å². The first-order chi connectivity index (χ1) is 10.8. The van der Waals surface area contributed by atoms with Crippen LogP contribution in [-0.4, -0.2) is 52.0 Å². The van der Waals surface area contributed by atoms with Crippen molar-refractivity contribution >= 4 is 18.3 Å². The fourth-order valence-electron chi connectivity index (χ4n) is 2.47. The topological polar surface area (TPSA) is 78.1 Å². The van der Waals surface area contributed by atoms with Crippen molar-refractivity contribution in [1.82, 2.24) is 10.6 Å². The van der Waals surface area contributed by atoms with Crippen LogP contribution in [0.5, 0.6) is 17.2 Å². The average molecular weight is 345 g/mol. The Kier molecular flexibility index (Phi) is 6.32. The number of hydrogen-bond acceptors (Lipinski definition) is 6. The molecule has 23 heavy (non-hydrogen) atoms. The molecule has 0 spiro atoms. The first-order valence-corrected chi connectivity index (χ1v) is 7.34. The first kappa shape index (κ1) is 17.7. The van der Waals surface area contributed by atoms with Gasteiger partial charge in [0, 0.05) is 31.3 Å². The molecule has 0 aliphatic carbocycles. The van der Waals surface area contributed by atoms with E-state index in [1.54, 1.807) is 13.2 Å². The molecule has 0 aromatic heterocycles. The molecule has 1 atom stereocenters. The number of ether oxygens (including phenoxy) is 4. The molecule has 2 aliphatic rings. The van der Waals surface area contributed by atoms with Crippen molar-refractivity contribution in [1.29, 1.82) is 0 Å². The number of hydrogen-bond donors (Lipinski definition) is 2. The quantitative estimate of drug-likeness (QED) is 0.828. The van der Waals surface area contributed by atoms with E-state index in [1.165, 1.54) is 0 Å². The number of morpholine rings is 1. The summed E-state index contributed by atoms with van der Waals surface area (Å²) >= 11 is 0. The number of methoxy groups -OCH3 is 1. The lowest BCUT2D eigenvalue weighted by Crippen LogP contribution is -2.47. The van der Waals surface area contributed by atoms with Gasteiger partial charge in [-0.3, -0.25) is 4.79 Å². The van der Waals surface area contributed by atoms with Crippen LogP contribution < -0.4 is 24.8 Å². The SMILES string of the molecule is COc1cc2c(cc1CNC(=O)C1CNCCO1)OCCO2.Cl. The van der Waals surface area contributed by atoms with Crippen LogP contribution >= 0.6 is 12.4 Å². The highest BCUT2D eigenvalue weighted by Crippen LogP contribution is 2.36. The monoisotopic (exact) mass is 344 g/mol. The molecule has 1 saturated heterocycles. The van der Waals surface area contributed by atoms with E-state index in [4.69, 9.17) is 18.9 Å². The Morgan fingerprint density at radius 1 is 1.30 bits per heavy atom. The molecule has 1 aromatic carbocycles. The Morgan fingerprint density at radius 3 is 2.70 bits per heavy atom. The van der Waals surface area contributed by atoms with Gasteiger partial charge in [-0.15, -0.1) is 12.4 Å². The van der Waals surface area contributed by atoms with Crippen LogP contribution in [0.2, 0.25) is 0 Å². The van der Waals surface area contributed by atoms with Gasteiger partial charge < -0.3 is 29.6 Å². The molecule has 128 valence electrons. The van der Waals surface area contributed by atoms with E-state index in [-0.39, 0.29) is 18.3 Å². The summed E-state index contributed by atoms with van der Waals surface area (Å²) in [6.45, 7) is 3.25. The Balaban J connectivity index is 0.00000192. The molecule has 0 saturated carbocycles. The smallest absolute Gasteiger partial charge is 0.250 e. The van der Waals surface area contributed by atoms with Gasteiger partial charge in [0.05, 0.1) is 13.7 Å². The predicted octanol–water partition coefficient (Wildman–Crippen LogP) is 0.493. The van der Waals surface area contributed by atoms with E-state index in [9.17, 15) is 4.79 Å². The maximum absolute atomic E-state index is 12.1. The van der Waals surface area contributed by atoms with Gasteiger partial charge in [-0.2, -0.15) is 0 Å². The minimum absolute atomic E-state index is 0. The fraction of sp³-hybridized carbons (Fsp3) is 0.533. The largest absolute Gasteiger partial charge is 0.496 e. The van der Waals surface area contributed by atoms with Crippen LogP contribution in [0.4, 0.5) is 0 Å². The Labute approximate surface area is 141 Å². The maximum Gasteiger partial charge on any atom is 0.250 e. The lowest BCUT2D eigenvalue weighted by Gasteiger charge is -2.23. The second kappa shape index (κ2) is 8.24. The molecule has 0 bridgehead atoms. The van der Waals surface area contributed by atoms with E-state index in [2.05, 4.69) is 10.6 Å². The number of fused-ring (bicyclic) bond motifs is 1. The van der Waals surface area contributed by atoms with Crippen molar-refractivity contribution in [2.75, 3.05) is 40.0 Å². The van der Waals surface area contributed by atoms with Crippen LogP contribution in [0, 0.1) is 0 Å². The van der Waals surface area contributed by atoms with Crippen molar-refractivity contribution in [3.63, 3.8) is 0 Å². The number of halogens is 1. The summed E-state index contributed by atoms with van der Waals surface area (Å²) in [5.41, 5.74) is 0.837. The van der Waals surface area contributed by atoms with Crippen molar-refractivity contribution in [2.24, 2.45) is 0 Å². The highest BCUT2D eigenvalue weighted by molar-refractivity contribution is 5.85. The Bertz CT molecular complexity index is 549. The molecule has 1 aromatic rings. The van der Waals surface area contributed by atoms with Crippen LogP contribution in [-0.2, 0) is 16.1 Å². The summed E-state index contributed by atoms with van der Waals surface area (Å²) in [7, 11) is 1.59. The normalized spacial score (nSPS) is 19.4. The van der Waals surface area contributed by atoms with E-state index in [0.717, 1.165) is 12.1 Å². The molecule has 2 heterocycles. The molecular weight excluding hydrogens is 324 g/mol. The number of nitrogens with one attached hydrogen (secondary N) is 2. The zero-order valence-electron chi connectivity index (χ0n) is 12.9. The summed E-state index contributed by atoms with van der Waals surface area (Å²) in [5.74, 6) is 1.86. The molecule has 1 fully saturated rings. The lowest BCUT2D eigenvalue weighted by atomic mass is 10.1. The zero-order chi connectivity index (χ0) is 15.4. The average Bonchev–Trinajstić information content (AvgIpc) is 2.59. The highest BCUT2D eigenvalue weighted by atomic mass is 35.5. The van der Waals surface area contributed by atoms with E-state index in [1.807, 2.05) is 6.07 Å². The summed E-state index contributed by atoms with van der Waals surface area (Å²) in [6, 6.07) is 3.63. The predicted molar refractivity (Wildman–Crippen MR) is 85.7 cm³/mol. The number of amides is 1. The summed E-state index contributed by atoms with van der Waals surface area (Å²) in [5, 5.41) is 6.00. The molecule has 1 unspecified atom stereocenters. The van der Waals surface area contributed by atoms with Crippen molar-refractivity contribution in [3.05, 3.63) is 17.7 Å². The van der Waals surface area contributed by atoms with Gasteiger partial charge in [-0.1, -0.05) is 0 Å². The van der Waals surface area contributed by atoms with Crippen LogP contribution in [0.3, 0.4) is 0 Å². The lowest BCUT2D eigenvalue weighted by molar-refractivity contribution is -0.134. The minimum atomic E-state index is -0.447. The minimum Gasteiger partial charge on any atom is -0.496 e. The standard InChI is InChI=1S/C15H20N2O5.ClH/c1-19-11-7-13-12(21-4-5-22-13)6-10(11)8-17-15(18)14-9-16-2-3-20-14;/h6-7,14,16H,2-5,8-9H2,1H3,(H,17,18);1H. The second-order valence-electron chi connectivity index (χ2n) is 5.09. The number of benzene rings is 1. The Hall–Kier alpha value is -1.70. The third-order valence-corrected chi connectivity index (χ3v) is 3.62. The zero-order valence-corrected chi connectivity index (χ0v) is 13.7. The van der Waals surface area contributed by atoms with Gasteiger partial charge in [-0.05, 0) is 6.07 Å². The van der Waals surface area contributed by atoms with Crippen molar-refractivity contribution < 1.29 is 23.7 Å². The van der Waals surface area contributed by atoms with Gasteiger partial charge in [0.25, 0.3) is 5.91 Å². The van der Waals surface area contributed by atoms with Gasteiger partial charge in [0.2, 0.25) is 0 Å². The molecule has 7 nitrogen and oxygen atoms in total. The fourth-order valence-corrected chi connectivity index (χ4v) is 2.47. The summed E-state index contributed by atoms with van der Waals surface area (Å²) < 4.78 is 21.9. The number of carbonyl (C=O) groups is 1. The maximum atomic E-state index is 12.1. The van der Waals surface area contributed by atoms with Crippen molar-refractivity contribution in [3.8, 4) is 17.2 Å². The summed E-state index contributed by atoms with van der Waals surface area (Å²) in [6.07, 6.45) is -0.447. The van der Waals surface area contributed by atoms with Gasteiger partial charge in [0.1, 0.15) is 25.1 Å². The summed E-state index contributed by atoms with van der Waals surface area (Å²) in [4.78, 5) is 12.1. The van der Waals surface area contributed by atoms with Crippen molar-refractivity contribution in [2.45, 2.75) is 12.6 Å². The van der Waals surface area contributed by atoms with Gasteiger partial charge in [0.15, 0.2) is 11.5 Å². The Morgan fingerprint density at radius 2 is 2.04 bits per heavy atom. The molecule has 2 aliphatic heterocycles. The van der Waals surface area contributed by atoms with Crippen LogP contribution in [0.1, 0.15) is 5.56 Å². The van der Waals surface area contributed by atoms with E-state index < -0.39 is 6.10 Å². The molecular formula is C15H21ClN2O5. The molecule has 3 rings (SSSR count). The van der Waals surface area contributed by atoms with Gasteiger partial charge >= 0.3 is 0 Å². The van der Waals surface area contributed by atoms with Crippen LogP contribution in [0.25, 0.3) is 0 Å². The molecule has 8 heteroatoms. The van der Waals surface area contributed by atoms with E-state index in [0.29, 0.717) is 50.2 Å². The third kappa shape index (κ3) is 4.19. The first-order valence-electron chi connectivity index (χ1n) is 7.34. The number of rotatable bonds is 4. The van der Waals surface area contributed by atoms with Crippen LogP contribution in [0.15, 0.2) is 12.1 Å².